The van der Waals surface area contributed by atoms with E-state index >= 15 is 0 Å². The van der Waals surface area contributed by atoms with Crippen LogP contribution >= 0.6 is 0 Å². The third-order valence-electron chi connectivity index (χ3n) is 8.01. The van der Waals surface area contributed by atoms with Gasteiger partial charge in [-0.05, 0) is 37.1 Å². The van der Waals surface area contributed by atoms with E-state index in [4.69, 9.17) is 28.4 Å². The number of morpholine rings is 2. The van der Waals surface area contributed by atoms with Crippen LogP contribution in [0.15, 0.2) is 29.3 Å². The van der Waals surface area contributed by atoms with E-state index in [9.17, 15) is 25.0 Å². The molecule has 2 fully saturated rings. The molecule has 0 bridgehead atoms. The molecule has 17 nitrogen and oxygen atoms in total. The molecule has 0 aromatic heterocycles. The Morgan fingerprint density at radius 1 is 0.816 bits per heavy atom. The summed E-state index contributed by atoms with van der Waals surface area (Å²) in [4.78, 5) is 41.5. The maximum Gasteiger partial charge on any atom is 0.325 e. The summed E-state index contributed by atoms with van der Waals surface area (Å²) >= 11 is 0. The Bertz CT molecular complexity index is 1450. The molecule has 0 unspecified atom stereocenters. The first-order valence-corrected chi connectivity index (χ1v) is 16.2. The van der Waals surface area contributed by atoms with Gasteiger partial charge in [0.1, 0.15) is 5.84 Å². The van der Waals surface area contributed by atoms with Crippen molar-refractivity contribution in [3.05, 3.63) is 55.6 Å². The summed E-state index contributed by atoms with van der Waals surface area (Å²) in [6.07, 6.45) is 2.04. The zero-order valence-corrected chi connectivity index (χ0v) is 27.9. The van der Waals surface area contributed by atoms with E-state index in [0.29, 0.717) is 49.7 Å². The van der Waals surface area contributed by atoms with Gasteiger partial charge in [0.15, 0.2) is 17.8 Å². The molecule has 3 aliphatic rings. The van der Waals surface area contributed by atoms with Crippen molar-refractivity contribution in [2.24, 2.45) is 4.99 Å². The summed E-state index contributed by atoms with van der Waals surface area (Å²) in [5.74, 6) is 1.28. The zero-order chi connectivity index (χ0) is 35.0. The smallest absolute Gasteiger partial charge is 0.325 e. The number of nitro groups is 2. The number of nitrogens with one attached hydrogen (secondary N) is 1. The van der Waals surface area contributed by atoms with E-state index in [1.807, 2.05) is 0 Å². The molecule has 1 N–H and O–H groups in total. The first-order valence-electron chi connectivity index (χ1n) is 16.2. The number of nitro benzene ring substituents is 2. The van der Waals surface area contributed by atoms with Crippen molar-refractivity contribution in [3.63, 3.8) is 0 Å². The van der Waals surface area contributed by atoms with Crippen LogP contribution in [0.2, 0.25) is 0 Å². The molecule has 0 atom stereocenters. The average Bonchev–Trinajstić information content (AvgIpc) is 3.67. The van der Waals surface area contributed by atoms with Gasteiger partial charge in [-0.3, -0.25) is 39.8 Å². The van der Waals surface area contributed by atoms with Gasteiger partial charge < -0.3 is 33.7 Å². The zero-order valence-electron chi connectivity index (χ0n) is 27.9. The molecule has 17 heteroatoms. The first-order chi connectivity index (χ1) is 23.9. The van der Waals surface area contributed by atoms with Gasteiger partial charge >= 0.3 is 11.4 Å². The molecule has 0 amide bonds. The molecule has 49 heavy (non-hydrogen) atoms. The number of ether oxygens (including phenoxy) is 6. The monoisotopic (exact) mass is 688 g/mol. The summed E-state index contributed by atoms with van der Waals surface area (Å²) in [5, 5.41) is 25.8. The molecule has 268 valence electrons. The number of carbonyl (C=O) groups is 1. The Morgan fingerprint density at radius 3 is 1.78 bits per heavy atom. The van der Waals surface area contributed by atoms with E-state index in [-0.39, 0.29) is 34.2 Å². The lowest BCUT2D eigenvalue weighted by atomic mass is 10.1. The Balaban J connectivity index is 0.000000223. The van der Waals surface area contributed by atoms with Gasteiger partial charge in [0.25, 0.3) is 0 Å². The Morgan fingerprint density at radius 2 is 1.33 bits per heavy atom. The van der Waals surface area contributed by atoms with E-state index in [2.05, 4.69) is 20.1 Å². The first kappa shape index (κ1) is 37.2. The highest BCUT2D eigenvalue weighted by Crippen LogP contribution is 2.40. The minimum atomic E-state index is -0.636. The molecule has 3 aliphatic heterocycles. The van der Waals surface area contributed by atoms with Crippen molar-refractivity contribution in [2.45, 2.75) is 12.8 Å². The van der Waals surface area contributed by atoms with Crippen molar-refractivity contribution in [1.29, 1.82) is 0 Å². The SMILES string of the molecule is COc1c(OCCCN2CCOCC2)ccc(C2=NCCN2)c1[N+](=O)[O-].COc1c(OCCCN2CCOCC2)ccc(C=O)c1[N+](=O)[O-]. The molecule has 0 saturated carbocycles. The third-order valence-corrected chi connectivity index (χ3v) is 8.01. The van der Waals surface area contributed by atoms with Crippen molar-refractivity contribution in [2.75, 3.05) is 106 Å². The normalized spacial score (nSPS) is 16.4. The van der Waals surface area contributed by atoms with Crippen LogP contribution in [0.25, 0.3) is 0 Å². The second-order valence-corrected chi connectivity index (χ2v) is 11.1. The fourth-order valence-corrected chi connectivity index (χ4v) is 5.57. The fourth-order valence-electron chi connectivity index (χ4n) is 5.57. The fraction of sp³-hybridized carbons (Fsp3) is 0.562. The number of nitrogens with zero attached hydrogens (tertiary/aromatic N) is 5. The minimum absolute atomic E-state index is 0.0222. The molecule has 2 aromatic carbocycles. The summed E-state index contributed by atoms with van der Waals surface area (Å²) in [6.45, 7) is 10.6. The largest absolute Gasteiger partial charge is 0.489 e. The van der Waals surface area contributed by atoms with Crippen molar-refractivity contribution in [1.82, 2.24) is 15.1 Å². The summed E-state index contributed by atoms with van der Waals surface area (Å²) in [5.41, 5.74) is -0.1000. The molecule has 0 spiro atoms. The van der Waals surface area contributed by atoms with Crippen LogP contribution in [0.4, 0.5) is 11.4 Å². The molecular formula is C32H44N6O11. The van der Waals surface area contributed by atoms with Gasteiger partial charge in [-0.2, -0.15) is 0 Å². The van der Waals surface area contributed by atoms with Crippen molar-refractivity contribution < 1.29 is 43.1 Å². The van der Waals surface area contributed by atoms with Crippen LogP contribution in [0.3, 0.4) is 0 Å². The number of benzene rings is 2. The number of rotatable bonds is 16. The van der Waals surface area contributed by atoms with Gasteiger partial charge in [-0.25, -0.2) is 0 Å². The molecule has 2 saturated heterocycles. The van der Waals surface area contributed by atoms with E-state index < -0.39 is 9.85 Å². The standard InChI is InChI=1S/C17H24N4O5.C15H20N2O6/c1-24-16-14(26-10-2-7-20-8-11-25-12-9-20)4-3-13(15(16)21(22)23)17-18-5-6-19-17;1-21-15-13(4-3-12(11-18)14(15)17(19)20)23-8-2-5-16-6-9-22-10-7-16/h3-4H,2,5-12H2,1H3,(H,18,19);3-4,11H,2,5-10H2,1H3. The molecule has 2 aromatic rings. The highest BCUT2D eigenvalue weighted by molar-refractivity contribution is 6.04. The quantitative estimate of drug-likeness (QED) is 0.117. The highest BCUT2D eigenvalue weighted by Gasteiger charge is 2.29. The highest BCUT2D eigenvalue weighted by atomic mass is 16.6. The van der Waals surface area contributed by atoms with Crippen LogP contribution in [-0.4, -0.2) is 138 Å². The van der Waals surface area contributed by atoms with E-state index in [1.54, 1.807) is 12.1 Å². The molecule has 0 aliphatic carbocycles. The number of aldehydes is 1. The predicted octanol–water partition coefficient (Wildman–Crippen LogP) is 2.57. The minimum Gasteiger partial charge on any atom is -0.489 e. The predicted molar refractivity (Wildman–Crippen MR) is 179 cm³/mol. The lowest BCUT2D eigenvalue weighted by molar-refractivity contribution is -0.386. The lowest BCUT2D eigenvalue weighted by Gasteiger charge is -2.26. The molecule has 5 rings (SSSR count). The van der Waals surface area contributed by atoms with Crippen LogP contribution in [0, 0.1) is 20.2 Å². The average molecular weight is 689 g/mol. The summed E-state index contributed by atoms with van der Waals surface area (Å²) < 4.78 is 32.4. The van der Waals surface area contributed by atoms with Gasteiger partial charge in [-0.1, -0.05) is 0 Å². The van der Waals surface area contributed by atoms with E-state index in [1.165, 1.54) is 26.4 Å². The lowest BCUT2D eigenvalue weighted by Crippen LogP contribution is -2.37. The molecule has 0 radical (unpaired) electrons. The Kier molecular flexibility index (Phi) is 14.8. The molecular weight excluding hydrogens is 644 g/mol. The van der Waals surface area contributed by atoms with Crippen LogP contribution in [0.5, 0.6) is 23.0 Å². The maximum absolute atomic E-state index is 11.6. The number of hydrogen-bond donors (Lipinski definition) is 1. The van der Waals surface area contributed by atoms with Gasteiger partial charge in [0, 0.05) is 45.8 Å². The van der Waals surface area contributed by atoms with Gasteiger partial charge in [0.05, 0.1) is 81.4 Å². The van der Waals surface area contributed by atoms with Gasteiger partial charge in [-0.15, -0.1) is 0 Å². The molecule has 3 heterocycles. The Labute approximate surface area is 284 Å². The summed E-state index contributed by atoms with van der Waals surface area (Å²) in [7, 11) is 2.73. The second kappa shape index (κ2) is 19.4. The number of amidine groups is 1. The van der Waals surface area contributed by atoms with Crippen LogP contribution < -0.4 is 24.3 Å². The van der Waals surface area contributed by atoms with Crippen LogP contribution in [-0.2, 0) is 9.47 Å². The topological polar surface area (TPSA) is 190 Å². The van der Waals surface area contributed by atoms with Gasteiger partial charge in [0.2, 0.25) is 11.5 Å². The number of hydrogen-bond acceptors (Lipinski definition) is 15. The van der Waals surface area contributed by atoms with Crippen molar-refractivity contribution in [3.8, 4) is 23.0 Å². The maximum atomic E-state index is 11.6. The number of carbonyl (C=O) groups excluding carboxylic acids is 1. The second-order valence-electron chi connectivity index (χ2n) is 11.1. The third kappa shape index (κ3) is 10.5. The summed E-state index contributed by atoms with van der Waals surface area (Å²) in [6, 6.07) is 6.25. The Hall–Kier alpha value is -4.58. The van der Waals surface area contributed by atoms with Crippen LogP contribution in [0.1, 0.15) is 28.8 Å². The number of methoxy groups -OCH3 is 2. The number of aliphatic imine (C=N–C) groups is 1. The van der Waals surface area contributed by atoms with E-state index in [0.717, 1.165) is 78.5 Å². The van der Waals surface area contributed by atoms with Crippen molar-refractivity contribution >= 4 is 23.5 Å².